The van der Waals surface area contributed by atoms with Gasteiger partial charge >= 0.3 is 62.1 Å². The van der Waals surface area contributed by atoms with Crippen LogP contribution in [0.2, 0.25) is 0 Å². The summed E-state index contributed by atoms with van der Waals surface area (Å²) in [6.07, 6.45) is 0. The van der Waals surface area contributed by atoms with Crippen LogP contribution in [0.25, 0.3) is 0 Å². The van der Waals surface area contributed by atoms with Crippen molar-refractivity contribution in [3.8, 4) is 0 Å². The van der Waals surface area contributed by atoms with E-state index in [0.717, 1.165) is 0 Å². The molecule has 0 spiro atoms. The second-order valence-corrected chi connectivity index (χ2v) is 5.12. The van der Waals surface area contributed by atoms with Gasteiger partial charge < -0.3 is 0 Å². The topological polar surface area (TPSA) is 0 Å². The Hall–Kier alpha value is 0.337. The fraction of sp³-hybridized carbons (Fsp3) is 0. The van der Waals surface area contributed by atoms with Crippen LogP contribution in [0.3, 0.4) is 0 Å². The number of rotatable bonds is 1. The molecule has 0 bridgehead atoms. The normalized spacial score (nSPS) is 9.50. The standard InChI is InChI=1S/C6H5As2/c7-8-6-4-2-1-3-5-6/h1-5H. The van der Waals surface area contributed by atoms with Crippen LogP contribution in [0.1, 0.15) is 0 Å². The first-order valence-corrected chi connectivity index (χ1v) is 8.47. The van der Waals surface area contributed by atoms with Gasteiger partial charge in [-0.2, -0.15) is 0 Å². The number of hydrogen-bond donors (Lipinski definition) is 0. The van der Waals surface area contributed by atoms with Gasteiger partial charge in [0.1, 0.15) is 0 Å². The fourth-order valence-electron chi connectivity index (χ4n) is 0.495. The summed E-state index contributed by atoms with van der Waals surface area (Å²) < 4.78 is 1.48. The first-order chi connectivity index (χ1) is 3.93. The molecule has 2 heteroatoms. The van der Waals surface area contributed by atoms with Crippen LogP contribution < -0.4 is 4.35 Å². The van der Waals surface area contributed by atoms with Crippen molar-refractivity contribution >= 4 is 31.7 Å². The average Bonchev–Trinajstić information content (AvgIpc) is 1.90. The maximum absolute atomic E-state index is 2.65. The second-order valence-electron chi connectivity index (χ2n) is 1.44. The molecule has 1 radical (unpaired) electrons. The molecule has 0 fully saturated rings. The minimum atomic E-state index is 0.370. The zero-order valence-electron chi connectivity index (χ0n) is 4.28. The molecule has 0 unspecified atom stereocenters. The van der Waals surface area contributed by atoms with Crippen molar-refractivity contribution in [2.45, 2.75) is 0 Å². The molecule has 39 valence electrons. The third kappa shape index (κ3) is 1.69. The Morgan fingerprint density at radius 1 is 1.12 bits per heavy atom. The SMILES string of the molecule is [As]=[As]c1ccccc1. The van der Waals surface area contributed by atoms with Crippen LogP contribution in [-0.4, -0.2) is 27.4 Å². The van der Waals surface area contributed by atoms with Crippen molar-refractivity contribution in [3.05, 3.63) is 30.3 Å². The van der Waals surface area contributed by atoms with E-state index in [-0.39, 0.29) is 0 Å². The van der Waals surface area contributed by atoms with Crippen LogP contribution in [0, 0.1) is 0 Å². The summed E-state index contributed by atoms with van der Waals surface area (Å²) in [5, 5.41) is 0. The molecule has 8 heavy (non-hydrogen) atoms. The summed E-state index contributed by atoms with van der Waals surface area (Å²) in [4.78, 5) is 0. The Kier molecular flexibility index (Phi) is 2.73. The van der Waals surface area contributed by atoms with Gasteiger partial charge in [-0.25, -0.2) is 0 Å². The molecule has 0 saturated carbocycles. The fourth-order valence-corrected chi connectivity index (χ4v) is 2.59. The average molecular weight is 227 g/mol. The van der Waals surface area contributed by atoms with Crippen LogP contribution in [0.5, 0.6) is 0 Å². The van der Waals surface area contributed by atoms with E-state index < -0.39 is 0 Å². The summed E-state index contributed by atoms with van der Waals surface area (Å²) in [6.45, 7) is 0. The predicted molar refractivity (Wildman–Crippen MR) is 37.6 cm³/mol. The van der Waals surface area contributed by atoms with E-state index in [1.165, 1.54) is 4.35 Å². The van der Waals surface area contributed by atoms with Gasteiger partial charge in [0, 0.05) is 0 Å². The van der Waals surface area contributed by atoms with Gasteiger partial charge in [-0.3, -0.25) is 0 Å². The van der Waals surface area contributed by atoms with E-state index in [0.29, 0.717) is 13.1 Å². The maximum atomic E-state index is 2.65. The van der Waals surface area contributed by atoms with Crippen LogP contribution in [-0.2, 0) is 0 Å². The molecule has 0 saturated heterocycles. The van der Waals surface area contributed by atoms with Gasteiger partial charge in [0.25, 0.3) is 0 Å². The number of benzene rings is 1. The molecule has 0 nitrogen and oxygen atoms in total. The molecule has 0 aliphatic heterocycles. The summed E-state index contributed by atoms with van der Waals surface area (Å²) >= 11 is 3.02. The van der Waals surface area contributed by atoms with Crippen molar-refractivity contribution in [1.29, 1.82) is 0 Å². The molecule has 1 rings (SSSR count). The van der Waals surface area contributed by atoms with E-state index in [2.05, 4.69) is 38.5 Å². The Balaban J connectivity index is 2.99. The van der Waals surface area contributed by atoms with Gasteiger partial charge in [0.2, 0.25) is 0 Å². The predicted octanol–water partition coefficient (Wildman–Crippen LogP) is 0.0996. The molecule has 1 aromatic rings. The third-order valence-corrected chi connectivity index (χ3v) is 4.50. The molecule has 1 aromatic carbocycles. The van der Waals surface area contributed by atoms with E-state index in [1.54, 1.807) is 0 Å². The quantitative estimate of drug-likeness (QED) is 0.597. The minimum absolute atomic E-state index is 0.370. The van der Waals surface area contributed by atoms with E-state index in [4.69, 9.17) is 0 Å². The molecular weight excluding hydrogens is 222 g/mol. The summed E-state index contributed by atoms with van der Waals surface area (Å²) in [7, 11) is 0. The van der Waals surface area contributed by atoms with E-state index >= 15 is 0 Å². The Morgan fingerprint density at radius 3 is 2.12 bits per heavy atom. The summed E-state index contributed by atoms with van der Waals surface area (Å²) in [5.41, 5.74) is 0. The molecule has 0 amide bonds. The van der Waals surface area contributed by atoms with Crippen molar-refractivity contribution < 1.29 is 0 Å². The van der Waals surface area contributed by atoms with Crippen LogP contribution >= 0.6 is 0 Å². The first-order valence-electron chi connectivity index (χ1n) is 2.33. The zero-order valence-corrected chi connectivity index (χ0v) is 8.03. The summed E-state index contributed by atoms with van der Waals surface area (Å²) in [5.74, 6) is 0. The van der Waals surface area contributed by atoms with Crippen molar-refractivity contribution in [1.82, 2.24) is 0 Å². The van der Waals surface area contributed by atoms with E-state index in [9.17, 15) is 0 Å². The molecule has 0 atom stereocenters. The molecule has 0 aromatic heterocycles. The van der Waals surface area contributed by atoms with Crippen molar-refractivity contribution in [2.75, 3.05) is 0 Å². The second kappa shape index (κ2) is 3.38. The number of hydrogen-bond acceptors (Lipinski definition) is 0. The van der Waals surface area contributed by atoms with E-state index in [1.807, 2.05) is 6.07 Å². The molecular formula is C6H5As2. The molecule has 0 aliphatic rings. The van der Waals surface area contributed by atoms with Crippen molar-refractivity contribution in [2.24, 2.45) is 0 Å². The molecule has 0 N–H and O–H groups in total. The molecule has 0 aliphatic carbocycles. The van der Waals surface area contributed by atoms with Crippen LogP contribution in [0.4, 0.5) is 0 Å². The zero-order chi connectivity index (χ0) is 5.82. The van der Waals surface area contributed by atoms with Gasteiger partial charge in [-0.15, -0.1) is 0 Å². The first kappa shape index (κ1) is 6.46. The van der Waals surface area contributed by atoms with Gasteiger partial charge in [-0.1, -0.05) is 0 Å². The van der Waals surface area contributed by atoms with Gasteiger partial charge in [-0.05, 0) is 0 Å². The Morgan fingerprint density at radius 2 is 1.75 bits per heavy atom. The Labute approximate surface area is 62.1 Å². The van der Waals surface area contributed by atoms with Crippen molar-refractivity contribution in [3.63, 3.8) is 0 Å². The van der Waals surface area contributed by atoms with Gasteiger partial charge in [0.05, 0.1) is 0 Å². The van der Waals surface area contributed by atoms with Crippen LogP contribution in [0.15, 0.2) is 30.3 Å². The third-order valence-electron chi connectivity index (χ3n) is 0.872. The van der Waals surface area contributed by atoms with Gasteiger partial charge in [0.15, 0.2) is 0 Å². The summed E-state index contributed by atoms with van der Waals surface area (Å²) in [6, 6.07) is 10.5. The monoisotopic (exact) mass is 227 g/mol. The molecule has 0 heterocycles. The Bertz CT molecular complexity index is 169.